The van der Waals surface area contributed by atoms with Gasteiger partial charge < -0.3 is 20.5 Å². The highest BCUT2D eigenvalue weighted by Gasteiger charge is 2.47. The van der Waals surface area contributed by atoms with Crippen molar-refractivity contribution >= 4 is 17.7 Å². The van der Waals surface area contributed by atoms with Crippen molar-refractivity contribution in [2.45, 2.75) is 13.0 Å². The molecule has 0 aliphatic carbocycles. The highest BCUT2D eigenvalue weighted by molar-refractivity contribution is 5.90. The zero-order valence-corrected chi connectivity index (χ0v) is 11.2. The maximum atomic E-state index is 13.4. The molecule has 21 heavy (non-hydrogen) atoms. The van der Waals surface area contributed by atoms with Gasteiger partial charge in [0.2, 0.25) is 0 Å². The minimum atomic E-state index is -1.27. The van der Waals surface area contributed by atoms with Gasteiger partial charge in [0, 0.05) is 6.07 Å². The number of carboxylic acid groups (broad SMARTS) is 1. The van der Waals surface area contributed by atoms with Crippen LogP contribution in [0.2, 0.25) is 0 Å². The van der Waals surface area contributed by atoms with Crippen LogP contribution < -0.4 is 10.6 Å². The predicted molar refractivity (Wildman–Crippen MR) is 68.9 cm³/mol. The second kappa shape index (κ2) is 5.65. The average molecular weight is 300 g/mol. The Kier molecular flexibility index (Phi) is 4.08. The van der Waals surface area contributed by atoms with Crippen LogP contribution in [0, 0.1) is 17.0 Å². The Morgan fingerprint density at radius 2 is 2.14 bits per heavy atom. The van der Waals surface area contributed by atoms with E-state index in [2.05, 4.69) is 10.6 Å². The summed E-state index contributed by atoms with van der Waals surface area (Å²) in [4.78, 5) is 23.0. The van der Waals surface area contributed by atoms with E-state index in [0.29, 0.717) is 0 Å². The van der Waals surface area contributed by atoms with E-state index < -0.39 is 35.1 Å². The first kappa shape index (κ1) is 15.2. The lowest BCUT2D eigenvalue weighted by Crippen LogP contribution is -2.50. The SMILES string of the molecule is CC1(C(=O)O)COCC1NC(=O)Nc1cc(F)ccc1F. The summed E-state index contributed by atoms with van der Waals surface area (Å²) < 4.78 is 31.5. The maximum absolute atomic E-state index is 13.4. The first-order chi connectivity index (χ1) is 9.83. The molecule has 2 atom stereocenters. The molecule has 0 spiro atoms. The van der Waals surface area contributed by atoms with Crippen LogP contribution in [0.25, 0.3) is 0 Å². The van der Waals surface area contributed by atoms with Crippen molar-refractivity contribution in [1.29, 1.82) is 0 Å². The van der Waals surface area contributed by atoms with Gasteiger partial charge >= 0.3 is 12.0 Å². The Morgan fingerprint density at radius 1 is 1.43 bits per heavy atom. The molecule has 0 aromatic heterocycles. The minimum absolute atomic E-state index is 0.0296. The Balaban J connectivity index is 2.05. The van der Waals surface area contributed by atoms with Crippen molar-refractivity contribution in [3.8, 4) is 0 Å². The van der Waals surface area contributed by atoms with Crippen LogP contribution in [0.1, 0.15) is 6.92 Å². The number of anilines is 1. The third kappa shape index (κ3) is 3.10. The highest BCUT2D eigenvalue weighted by atomic mass is 19.1. The molecule has 3 N–H and O–H groups in total. The molecule has 0 saturated carbocycles. The van der Waals surface area contributed by atoms with E-state index >= 15 is 0 Å². The summed E-state index contributed by atoms with van der Waals surface area (Å²) in [5.74, 6) is -2.61. The number of rotatable bonds is 3. The molecule has 1 aliphatic heterocycles. The fourth-order valence-corrected chi connectivity index (χ4v) is 1.99. The fourth-order valence-electron chi connectivity index (χ4n) is 1.99. The number of hydrogen-bond donors (Lipinski definition) is 3. The molecule has 0 radical (unpaired) electrons. The Hall–Kier alpha value is -2.22. The Morgan fingerprint density at radius 3 is 2.81 bits per heavy atom. The number of hydrogen-bond acceptors (Lipinski definition) is 3. The van der Waals surface area contributed by atoms with E-state index in [1.807, 2.05) is 0 Å². The fraction of sp³-hybridized carbons (Fsp3) is 0.385. The zero-order chi connectivity index (χ0) is 15.6. The summed E-state index contributed by atoms with van der Waals surface area (Å²) in [6.45, 7) is 1.43. The van der Waals surface area contributed by atoms with Crippen LogP contribution in [-0.2, 0) is 9.53 Å². The highest BCUT2D eigenvalue weighted by Crippen LogP contribution is 2.28. The van der Waals surface area contributed by atoms with Crippen molar-refractivity contribution in [2.75, 3.05) is 18.5 Å². The van der Waals surface area contributed by atoms with Gasteiger partial charge in [-0.1, -0.05) is 0 Å². The van der Waals surface area contributed by atoms with E-state index in [0.717, 1.165) is 18.2 Å². The van der Waals surface area contributed by atoms with Gasteiger partial charge in [-0.3, -0.25) is 4.79 Å². The van der Waals surface area contributed by atoms with Gasteiger partial charge in [-0.25, -0.2) is 13.6 Å². The van der Waals surface area contributed by atoms with Crippen molar-refractivity contribution in [3.63, 3.8) is 0 Å². The molecule has 2 rings (SSSR count). The molecule has 1 fully saturated rings. The van der Waals surface area contributed by atoms with E-state index in [4.69, 9.17) is 9.84 Å². The first-order valence-corrected chi connectivity index (χ1v) is 6.16. The van der Waals surface area contributed by atoms with Crippen molar-refractivity contribution in [1.82, 2.24) is 5.32 Å². The lowest BCUT2D eigenvalue weighted by atomic mass is 9.85. The number of urea groups is 1. The topological polar surface area (TPSA) is 87.7 Å². The Labute approximate surface area is 119 Å². The van der Waals surface area contributed by atoms with Crippen LogP contribution in [0.5, 0.6) is 0 Å². The summed E-state index contributed by atoms with van der Waals surface area (Å²) in [5.41, 5.74) is -1.60. The van der Waals surface area contributed by atoms with E-state index in [1.165, 1.54) is 6.92 Å². The van der Waals surface area contributed by atoms with Gasteiger partial charge in [-0.05, 0) is 19.1 Å². The summed E-state index contributed by atoms with van der Waals surface area (Å²) in [5, 5.41) is 13.7. The summed E-state index contributed by atoms with van der Waals surface area (Å²) in [6.07, 6.45) is 0. The molecule has 1 aromatic rings. The number of carbonyl (C=O) groups excluding carboxylic acids is 1. The summed E-state index contributed by atoms with van der Waals surface area (Å²) in [6, 6.07) is 1.03. The van der Waals surface area contributed by atoms with Crippen molar-refractivity contribution in [3.05, 3.63) is 29.8 Å². The van der Waals surface area contributed by atoms with Gasteiger partial charge in [-0.2, -0.15) is 0 Å². The van der Waals surface area contributed by atoms with Crippen molar-refractivity contribution < 1.29 is 28.2 Å². The largest absolute Gasteiger partial charge is 0.481 e. The summed E-state index contributed by atoms with van der Waals surface area (Å²) >= 11 is 0. The lowest BCUT2D eigenvalue weighted by Gasteiger charge is -2.25. The second-order valence-electron chi connectivity index (χ2n) is 5.01. The molecular weight excluding hydrogens is 286 g/mol. The molecule has 6 nitrogen and oxygen atoms in total. The zero-order valence-electron chi connectivity index (χ0n) is 11.2. The molecule has 8 heteroatoms. The minimum Gasteiger partial charge on any atom is -0.481 e. The molecule has 1 saturated heterocycles. The van der Waals surface area contributed by atoms with Crippen LogP contribution >= 0.6 is 0 Å². The average Bonchev–Trinajstić information content (AvgIpc) is 2.77. The number of ether oxygens (including phenoxy) is 1. The van der Waals surface area contributed by atoms with Crippen LogP contribution in [0.15, 0.2) is 18.2 Å². The molecule has 2 amide bonds. The van der Waals surface area contributed by atoms with E-state index in [1.54, 1.807) is 0 Å². The third-order valence-corrected chi connectivity index (χ3v) is 3.43. The monoisotopic (exact) mass is 300 g/mol. The molecule has 114 valence electrons. The van der Waals surface area contributed by atoms with Crippen LogP contribution in [0.4, 0.5) is 19.3 Å². The molecule has 1 heterocycles. The number of amides is 2. The Bertz CT molecular complexity index is 581. The summed E-state index contributed by atoms with van der Waals surface area (Å²) in [7, 11) is 0. The van der Waals surface area contributed by atoms with Gasteiger partial charge in [-0.15, -0.1) is 0 Å². The van der Waals surface area contributed by atoms with E-state index in [-0.39, 0.29) is 18.9 Å². The molecule has 2 unspecified atom stereocenters. The number of aliphatic carboxylic acids is 1. The normalized spacial score (nSPS) is 24.6. The molecular formula is C13H14F2N2O4. The number of nitrogens with one attached hydrogen (secondary N) is 2. The maximum Gasteiger partial charge on any atom is 0.319 e. The molecule has 1 aromatic carbocycles. The third-order valence-electron chi connectivity index (χ3n) is 3.43. The quantitative estimate of drug-likeness (QED) is 0.791. The van der Waals surface area contributed by atoms with Crippen molar-refractivity contribution in [2.24, 2.45) is 5.41 Å². The predicted octanol–water partition coefficient (Wildman–Crippen LogP) is 1.58. The number of carbonyl (C=O) groups is 2. The smallest absolute Gasteiger partial charge is 0.319 e. The van der Waals surface area contributed by atoms with E-state index in [9.17, 15) is 18.4 Å². The number of halogens is 2. The lowest BCUT2D eigenvalue weighted by molar-refractivity contribution is -0.148. The first-order valence-electron chi connectivity index (χ1n) is 6.16. The van der Waals surface area contributed by atoms with Crippen LogP contribution in [0.3, 0.4) is 0 Å². The molecule has 0 bridgehead atoms. The van der Waals surface area contributed by atoms with Gasteiger partial charge in [0.25, 0.3) is 0 Å². The van der Waals surface area contributed by atoms with Crippen LogP contribution in [-0.4, -0.2) is 36.4 Å². The number of benzene rings is 1. The van der Waals surface area contributed by atoms with Gasteiger partial charge in [0.1, 0.15) is 17.0 Å². The standard InChI is InChI=1S/C13H14F2N2O4/c1-13(11(18)19)6-21-5-10(13)17-12(20)16-9-4-7(14)2-3-8(9)15/h2-4,10H,5-6H2,1H3,(H,18,19)(H2,16,17,20). The van der Waals surface area contributed by atoms with Gasteiger partial charge in [0.15, 0.2) is 0 Å². The number of carboxylic acids is 1. The van der Waals surface area contributed by atoms with Gasteiger partial charge in [0.05, 0.1) is 24.9 Å². The second-order valence-corrected chi connectivity index (χ2v) is 5.01. The molecule has 1 aliphatic rings.